The van der Waals surface area contributed by atoms with Crippen molar-refractivity contribution in [2.75, 3.05) is 5.73 Å². The molecule has 0 amide bonds. The van der Waals surface area contributed by atoms with Gasteiger partial charge in [0.25, 0.3) is 0 Å². The number of nitrogens with one attached hydrogen (secondary N) is 1. The van der Waals surface area contributed by atoms with E-state index in [9.17, 15) is 8.78 Å². The number of H-pyrrole nitrogens is 1. The van der Waals surface area contributed by atoms with E-state index in [0.29, 0.717) is 0 Å². The Hall–Kier alpha value is -1.89. The molecule has 0 bridgehead atoms. The van der Waals surface area contributed by atoms with E-state index < -0.39 is 11.6 Å². The fourth-order valence-corrected chi connectivity index (χ4v) is 1.40. The summed E-state index contributed by atoms with van der Waals surface area (Å²) in [6.07, 6.45) is 0. The summed E-state index contributed by atoms with van der Waals surface area (Å²) in [4.78, 5) is 9.99. The van der Waals surface area contributed by atoms with Crippen LogP contribution in [0.25, 0.3) is 11.4 Å². The molecule has 2 rings (SSSR count). The van der Waals surface area contributed by atoms with Crippen molar-refractivity contribution in [3.63, 3.8) is 0 Å². The molecule has 1 heterocycles. The minimum Gasteiger partial charge on any atom is -0.369 e. The molecule has 0 unspecified atom stereocenters. The van der Waals surface area contributed by atoms with Crippen LogP contribution in [0.15, 0.2) is 18.2 Å². The topological polar surface area (TPSA) is 67.6 Å². The van der Waals surface area contributed by atoms with Crippen LogP contribution in [-0.2, 0) is 0 Å². The second-order valence-electron chi connectivity index (χ2n) is 2.99. The standard InChI is InChI=1S/C9H6F2N4S/c10-4-1-2-5(6(11)3-4)7-13-8(12)15-9(16)14-7/h1-3H,(H3,12,13,14,15,16). The van der Waals surface area contributed by atoms with E-state index in [1.165, 1.54) is 6.07 Å². The summed E-state index contributed by atoms with van der Waals surface area (Å²) < 4.78 is 26.1. The van der Waals surface area contributed by atoms with Crippen molar-refractivity contribution in [3.05, 3.63) is 34.6 Å². The number of nitrogen functional groups attached to an aromatic ring is 1. The smallest absolute Gasteiger partial charge is 0.224 e. The van der Waals surface area contributed by atoms with E-state index in [0.717, 1.165) is 12.1 Å². The third-order valence-corrected chi connectivity index (χ3v) is 2.04. The number of anilines is 1. The van der Waals surface area contributed by atoms with E-state index in [-0.39, 0.29) is 22.1 Å². The van der Waals surface area contributed by atoms with Crippen LogP contribution in [0.3, 0.4) is 0 Å². The quantitative estimate of drug-likeness (QED) is 0.749. The summed E-state index contributed by atoms with van der Waals surface area (Å²) in [5.41, 5.74) is 5.49. The summed E-state index contributed by atoms with van der Waals surface area (Å²) in [5, 5.41) is 0. The number of aromatic nitrogens is 3. The molecule has 7 heteroatoms. The summed E-state index contributed by atoms with van der Waals surface area (Å²) in [7, 11) is 0. The minimum atomic E-state index is -0.747. The lowest BCUT2D eigenvalue weighted by Crippen LogP contribution is -2.01. The zero-order valence-electron chi connectivity index (χ0n) is 7.87. The van der Waals surface area contributed by atoms with Crippen LogP contribution in [0.5, 0.6) is 0 Å². The molecule has 4 nitrogen and oxygen atoms in total. The van der Waals surface area contributed by atoms with Crippen LogP contribution in [0, 0.1) is 16.4 Å². The summed E-state index contributed by atoms with van der Waals surface area (Å²) in [5.74, 6) is -1.26. The Morgan fingerprint density at radius 3 is 2.62 bits per heavy atom. The van der Waals surface area contributed by atoms with Gasteiger partial charge in [0.1, 0.15) is 17.5 Å². The molecule has 0 aliphatic rings. The zero-order valence-corrected chi connectivity index (χ0v) is 8.68. The third kappa shape index (κ3) is 2.03. The highest BCUT2D eigenvalue weighted by Gasteiger charge is 2.08. The van der Waals surface area contributed by atoms with E-state index in [2.05, 4.69) is 15.0 Å². The van der Waals surface area contributed by atoms with Gasteiger partial charge in [-0.3, -0.25) is 0 Å². The van der Waals surface area contributed by atoms with Gasteiger partial charge in [-0.2, -0.15) is 4.98 Å². The first-order chi connectivity index (χ1) is 7.56. The van der Waals surface area contributed by atoms with Crippen molar-refractivity contribution in [2.45, 2.75) is 0 Å². The first-order valence-electron chi connectivity index (χ1n) is 4.25. The fraction of sp³-hybridized carbons (Fsp3) is 0. The van der Waals surface area contributed by atoms with Crippen molar-refractivity contribution < 1.29 is 8.78 Å². The van der Waals surface area contributed by atoms with Crippen LogP contribution < -0.4 is 5.73 Å². The van der Waals surface area contributed by atoms with Crippen LogP contribution in [0.1, 0.15) is 0 Å². The van der Waals surface area contributed by atoms with Crippen molar-refractivity contribution in [2.24, 2.45) is 0 Å². The molecule has 3 N–H and O–H groups in total. The molecule has 0 spiro atoms. The first kappa shape index (κ1) is 10.6. The predicted octanol–water partition coefficient (Wildman–Crippen LogP) is 2.06. The van der Waals surface area contributed by atoms with E-state index in [1.54, 1.807) is 0 Å². The Morgan fingerprint density at radius 1 is 1.25 bits per heavy atom. The van der Waals surface area contributed by atoms with Gasteiger partial charge >= 0.3 is 0 Å². The van der Waals surface area contributed by atoms with Gasteiger partial charge in [0, 0.05) is 6.07 Å². The lowest BCUT2D eigenvalue weighted by molar-refractivity contribution is 0.585. The number of halogens is 2. The van der Waals surface area contributed by atoms with Gasteiger partial charge in [-0.1, -0.05) is 0 Å². The fourth-order valence-electron chi connectivity index (χ4n) is 1.21. The maximum Gasteiger partial charge on any atom is 0.224 e. The number of aromatic amines is 1. The van der Waals surface area contributed by atoms with Crippen LogP contribution in [0.2, 0.25) is 0 Å². The molecule has 82 valence electrons. The van der Waals surface area contributed by atoms with Crippen molar-refractivity contribution in [3.8, 4) is 11.4 Å². The van der Waals surface area contributed by atoms with Crippen LogP contribution >= 0.6 is 12.2 Å². The number of rotatable bonds is 1. The van der Waals surface area contributed by atoms with Crippen molar-refractivity contribution in [1.82, 2.24) is 15.0 Å². The van der Waals surface area contributed by atoms with Gasteiger partial charge in [-0.15, -0.1) is 0 Å². The monoisotopic (exact) mass is 240 g/mol. The Balaban J connectivity index is 2.63. The maximum atomic E-state index is 13.4. The van der Waals surface area contributed by atoms with Gasteiger partial charge in [-0.25, -0.2) is 13.8 Å². The summed E-state index contributed by atoms with van der Waals surface area (Å²) in [6.45, 7) is 0. The molecule has 1 aromatic carbocycles. The molecule has 0 aliphatic carbocycles. The molecule has 0 saturated heterocycles. The molecule has 0 fully saturated rings. The van der Waals surface area contributed by atoms with E-state index >= 15 is 0 Å². The number of nitrogens with zero attached hydrogens (tertiary/aromatic N) is 2. The summed E-state index contributed by atoms with van der Waals surface area (Å²) in [6, 6.07) is 3.12. The van der Waals surface area contributed by atoms with Gasteiger partial charge in [0.15, 0.2) is 0 Å². The van der Waals surface area contributed by atoms with Crippen molar-refractivity contribution >= 4 is 18.2 Å². The van der Waals surface area contributed by atoms with Gasteiger partial charge < -0.3 is 10.7 Å². The molecular formula is C9H6F2N4S. The first-order valence-corrected chi connectivity index (χ1v) is 4.66. The number of hydrogen-bond acceptors (Lipinski definition) is 4. The largest absolute Gasteiger partial charge is 0.369 e. The average Bonchev–Trinajstić information content (AvgIpc) is 2.15. The van der Waals surface area contributed by atoms with Crippen LogP contribution in [-0.4, -0.2) is 15.0 Å². The molecule has 16 heavy (non-hydrogen) atoms. The molecular weight excluding hydrogens is 234 g/mol. The molecule has 2 aromatic rings. The minimum absolute atomic E-state index is 0.00465. The molecule has 0 radical (unpaired) electrons. The Morgan fingerprint density at radius 2 is 2.00 bits per heavy atom. The van der Waals surface area contributed by atoms with Gasteiger partial charge in [0.2, 0.25) is 10.7 Å². The normalized spacial score (nSPS) is 10.4. The summed E-state index contributed by atoms with van der Waals surface area (Å²) >= 11 is 4.74. The van der Waals surface area contributed by atoms with Gasteiger partial charge in [-0.05, 0) is 24.4 Å². The predicted molar refractivity (Wildman–Crippen MR) is 57.0 cm³/mol. The second kappa shape index (κ2) is 3.93. The second-order valence-corrected chi connectivity index (χ2v) is 3.35. The maximum absolute atomic E-state index is 13.4. The lowest BCUT2D eigenvalue weighted by atomic mass is 10.2. The van der Waals surface area contributed by atoms with Gasteiger partial charge in [0.05, 0.1) is 5.56 Å². The third-order valence-electron chi connectivity index (χ3n) is 1.86. The lowest BCUT2D eigenvalue weighted by Gasteiger charge is -2.03. The number of nitrogens with two attached hydrogens (primary N) is 1. The van der Waals surface area contributed by atoms with Crippen LogP contribution in [0.4, 0.5) is 14.7 Å². The molecule has 1 aromatic heterocycles. The van der Waals surface area contributed by atoms with E-state index in [1.807, 2.05) is 0 Å². The number of benzene rings is 1. The highest BCUT2D eigenvalue weighted by molar-refractivity contribution is 7.71. The molecule has 0 saturated carbocycles. The highest BCUT2D eigenvalue weighted by atomic mass is 32.1. The van der Waals surface area contributed by atoms with Crippen molar-refractivity contribution in [1.29, 1.82) is 0 Å². The number of hydrogen-bond donors (Lipinski definition) is 2. The Labute approximate surface area is 94.2 Å². The van der Waals surface area contributed by atoms with E-state index in [4.69, 9.17) is 18.0 Å². The highest BCUT2D eigenvalue weighted by Crippen LogP contribution is 2.19. The average molecular weight is 240 g/mol. The SMILES string of the molecule is Nc1nc(=S)nc(-c2ccc(F)cc2F)[nH]1. The Kier molecular flexibility index (Phi) is 2.61. The molecule has 0 atom stereocenters. The molecule has 0 aliphatic heterocycles. The Bertz CT molecular complexity index is 596. The zero-order chi connectivity index (χ0) is 11.7.